The van der Waals surface area contributed by atoms with Crippen LogP contribution in [0.15, 0.2) is 28.7 Å². The summed E-state index contributed by atoms with van der Waals surface area (Å²) >= 11 is 3.52. The fraction of sp³-hybridized carbons (Fsp3) is 0.529. The quantitative estimate of drug-likeness (QED) is 0.374. The fourth-order valence-corrected chi connectivity index (χ4v) is 3.56. The maximum Gasteiger partial charge on any atom is 0.242 e. The van der Waals surface area contributed by atoms with Crippen LogP contribution in [0.2, 0.25) is 19.6 Å². The van der Waals surface area contributed by atoms with Gasteiger partial charge in [0.15, 0.2) is 0 Å². The summed E-state index contributed by atoms with van der Waals surface area (Å²) in [4.78, 5) is 0. The van der Waals surface area contributed by atoms with Crippen molar-refractivity contribution in [1.29, 1.82) is 0 Å². The first-order valence-electron chi connectivity index (χ1n) is 7.70. The molecule has 0 amide bonds. The van der Waals surface area contributed by atoms with Gasteiger partial charge in [-0.15, -0.1) is 0 Å². The highest BCUT2D eigenvalue weighted by Gasteiger charge is 2.33. The fourth-order valence-electron chi connectivity index (χ4n) is 2.37. The van der Waals surface area contributed by atoms with E-state index in [0.29, 0.717) is 13.4 Å². The molecule has 4 nitrogen and oxygen atoms in total. The molecule has 23 heavy (non-hydrogen) atoms. The van der Waals surface area contributed by atoms with Crippen molar-refractivity contribution in [2.24, 2.45) is 0 Å². The molecular weight excluding hydrogens is 376 g/mol. The summed E-state index contributed by atoms with van der Waals surface area (Å²) in [6.07, 6.45) is 2.81. The summed E-state index contributed by atoms with van der Waals surface area (Å²) in [6.45, 7) is 9.45. The molecule has 0 bridgehead atoms. The summed E-state index contributed by atoms with van der Waals surface area (Å²) in [7, 11) is -0.110. The Kier molecular flexibility index (Phi) is 5.94. The van der Waals surface area contributed by atoms with E-state index in [0.717, 1.165) is 28.0 Å². The molecule has 0 saturated carbocycles. The van der Waals surface area contributed by atoms with Crippen LogP contribution < -0.4 is 4.74 Å². The molecular formula is C17H25BrO4Si. The van der Waals surface area contributed by atoms with Gasteiger partial charge in [-0.25, -0.2) is 0 Å². The summed E-state index contributed by atoms with van der Waals surface area (Å²) in [5, 5.41) is 0. The van der Waals surface area contributed by atoms with Crippen molar-refractivity contribution in [3.05, 3.63) is 34.3 Å². The lowest BCUT2D eigenvalue weighted by Gasteiger charge is -2.36. The molecule has 1 aliphatic rings. The lowest BCUT2D eigenvalue weighted by Crippen LogP contribution is -2.36. The van der Waals surface area contributed by atoms with Crippen molar-refractivity contribution < 1.29 is 18.6 Å². The van der Waals surface area contributed by atoms with Gasteiger partial charge in [0.05, 0.1) is 12.2 Å². The number of methoxy groups -OCH3 is 1. The van der Waals surface area contributed by atoms with Gasteiger partial charge in [-0.05, 0) is 44.8 Å². The standard InChI is InChI=1S/C17H25BrO4Si/c1-17(8-9-20-12-19-2)11-16(22-23(3,4)5)14-10-13(18)6-7-15(14)21-17/h6-7,10-11H,8-9,12H2,1-5H3. The predicted molar refractivity (Wildman–Crippen MR) is 98.0 cm³/mol. The summed E-state index contributed by atoms with van der Waals surface area (Å²) in [5.74, 6) is 1.75. The minimum Gasteiger partial charge on any atom is -0.544 e. The molecule has 0 radical (unpaired) electrons. The van der Waals surface area contributed by atoms with Gasteiger partial charge in [0.2, 0.25) is 8.32 Å². The number of ether oxygens (including phenoxy) is 3. The maximum atomic E-state index is 6.32. The van der Waals surface area contributed by atoms with Crippen LogP contribution in [0.25, 0.3) is 5.76 Å². The Balaban J connectivity index is 2.27. The first kappa shape index (κ1) is 18.5. The van der Waals surface area contributed by atoms with Crippen LogP contribution in [0.4, 0.5) is 0 Å². The van der Waals surface area contributed by atoms with Crippen LogP contribution in [0, 0.1) is 0 Å². The van der Waals surface area contributed by atoms with Gasteiger partial charge in [0.25, 0.3) is 0 Å². The van der Waals surface area contributed by atoms with Crippen LogP contribution in [-0.4, -0.2) is 34.4 Å². The molecule has 1 heterocycles. The Hall–Kier alpha value is -0.823. The van der Waals surface area contributed by atoms with Gasteiger partial charge in [-0.3, -0.25) is 0 Å². The van der Waals surface area contributed by atoms with E-state index < -0.39 is 13.9 Å². The van der Waals surface area contributed by atoms with E-state index in [1.165, 1.54) is 0 Å². The topological polar surface area (TPSA) is 36.9 Å². The number of hydrogen-bond donors (Lipinski definition) is 0. The van der Waals surface area contributed by atoms with Gasteiger partial charge >= 0.3 is 0 Å². The highest BCUT2D eigenvalue weighted by atomic mass is 79.9. The lowest BCUT2D eigenvalue weighted by atomic mass is 9.96. The molecule has 0 N–H and O–H groups in total. The highest BCUT2D eigenvalue weighted by Crippen LogP contribution is 2.40. The zero-order valence-corrected chi connectivity index (χ0v) is 17.0. The van der Waals surface area contributed by atoms with Crippen molar-refractivity contribution in [3.63, 3.8) is 0 Å². The molecule has 2 rings (SSSR count). The second-order valence-electron chi connectivity index (χ2n) is 6.84. The minimum atomic E-state index is -1.73. The number of rotatable bonds is 7. The third-order valence-corrected chi connectivity index (χ3v) is 4.67. The zero-order valence-electron chi connectivity index (χ0n) is 14.4. The SMILES string of the molecule is COCOCCC1(C)C=C(O[Si](C)(C)C)c2cc(Br)ccc2O1. The maximum absolute atomic E-state index is 6.32. The molecule has 0 spiro atoms. The number of halogens is 1. The molecule has 1 aromatic carbocycles. The number of hydrogen-bond acceptors (Lipinski definition) is 4. The van der Waals surface area contributed by atoms with Crippen molar-refractivity contribution in [2.75, 3.05) is 20.5 Å². The number of fused-ring (bicyclic) bond motifs is 1. The second-order valence-corrected chi connectivity index (χ2v) is 12.2. The van der Waals surface area contributed by atoms with Crippen LogP contribution >= 0.6 is 15.9 Å². The summed E-state index contributed by atoms with van der Waals surface area (Å²) in [5.41, 5.74) is 0.542. The lowest BCUT2D eigenvalue weighted by molar-refractivity contribution is -0.0435. The van der Waals surface area contributed by atoms with E-state index in [2.05, 4.69) is 48.6 Å². The minimum absolute atomic E-state index is 0.293. The Morgan fingerprint density at radius 3 is 2.65 bits per heavy atom. The monoisotopic (exact) mass is 400 g/mol. The third kappa shape index (κ3) is 5.34. The summed E-state index contributed by atoms with van der Waals surface area (Å²) in [6, 6.07) is 6.01. The molecule has 1 unspecified atom stereocenters. The van der Waals surface area contributed by atoms with Gasteiger partial charge in [0, 0.05) is 24.1 Å². The zero-order chi connectivity index (χ0) is 17.1. The molecule has 1 aliphatic heterocycles. The van der Waals surface area contributed by atoms with Crippen LogP contribution in [0.3, 0.4) is 0 Å². The first-order chi connectivity index (χ1) is 10.7. The predicted octanol–water partition coefficient (Wildman–Crippen LogP) is 4.80. The van der Waals surface area contributed by atoms with Gasteiger partial charge in [-0.2, -0.15) is 0 Å². The third-order valence-electron chi connectivity index (χ3n) is 3.35. The molecule has 128 valence electrons. The molecule has 0 fully saturated rings. The Bertz CT molecular complexity index is 582. The Morgan fingerprint density at radius 2 is 2.00 bits per heavy atom. The molecule has 1 atom stereocenters. The molecule has 0 aromatic heterocycles. The Labute approximate surface area is 148 Å². The first-order valence-corrected chi connectivity index (χ1v) is 11.9. The van der Waals surface area contributed by atoms with Gasteiger partial charge < -0.3 is 18.6 Å². The highest BCUT2D eigenvalue weighted by molar-refractivity contribution is 9.10. The average Bonchev–Trinajstić information content (AvgIpc) is 2.43. The van der Waals surface area contributed by atoms with Crippen molar-refractivity contribution in [1.82, 2.24) is 0 Å². The molecule has 1 aromatic rings. The summed E-state index contributed by atoms with van der Waals surface area (Å²) < 4.78 is 23.9. The molecule has 0 aliphatic carbocycles. The van der Waals surface area contributed by atoms with E-state index in [1.807, 2.05) is 18.2 Å². The Morgan fingerprint density at radius 1 is 1.26 bits per heavy atom. The second kappa shape index (κ2) is 7.38. The van der Waals surface area contributed by atoms with Crippen molar-refractivity contribution in [2.45, 2.75) is 38.6 Å². The molecule has 6 heteroatoms. The van der Waals surface area contributed by atoms with Gasteiger partial charge in [-0.1, -0.05) is 15.9 Å². The van der Waals surface area contributed by atoms with E-state index in [4.69, 9.17) is 18.6 Å². The van der Waals surface area contributed by atoms with Gasteiger partial charge in [0.1, 0.15) is 23.9 Å². The number of benzene rings is 1. The van der Waals surface area contributed by atoms with Crippen LogP contribution in [0.1, 0.15) is 18.9 Å². The van der Waals surface area contributed by atoms with E-state index in [9.17, 15) is 0 Å². The van der Waals surface area contributed by atoms with Crippen molar-refractivity contribution in [3.8, 4) is 5.75 Å². The van der Waals surface area contributed by atoms with Crippen molar-refractivity contribution >= 4 is 30.0 Å². The smallest absolute Gasteiger partial charge is 0.242 e. The van der Waals surface area contributed by atoms with E-state index in [1.54, 1.807) is 7.11 Å². The van der Waals surface area contributed by atoms with E-state index >= 15 is 0 Å². The van der Waals surface area contributed by atoms with Crippen LogP contribution in [0.5, 0.6) is 5.75 Å². The normalized spacial score (nSPS) is 20.5. The molecule has 0 saturated heterocycles. The largest absolute Gasteiger partial charge is 0.544 e. The average molecular weight is 401 g/mol. The van der Waals surface area contributed by atoms with Crippen LogP contribution in [-0.2, 0) is 13.9 Å². The van der Waals surface area contributed by atoms with E-state index in [-0.39, 0.29) is 0 Å².